The topological polar surface area (TPSA) is 72.9 Å². The number of esters is 2. The summed E-state index contributed by atoms with van der Waals surface area (Å²) in [6.07, 6.45) is 0.313. The molecule has 2 aromatic carbocycles. The number of benzene rings is 2. The number of cyclic esters (lactones) is 2. The quantitative estimate of drug-likeness (QED) is 0.454. The molecule has 0 bridgehead atoms. The molecule has 0 radical (unpaired) electrons. The van der Waals surface area contributed by atoms with Crippen LogP contribution < -0.4 is 0 Å². The third kappa shape index (κ3) is 4.09. The van der Waals surface area contributed by atoms with Crippen molar-refractivity contribution >= 4 is 17.7 Å². The fraction of sp³-hybridized carbons (Fsp3) is 0.367. The summed E-state index contributed by atoms with van der Waals surface area (Å²) in [7, 11) is 0. The molecule has 0 amide bonds. The highest BCUT2D eigenvalue weighted by Crippen LogP contribution is 2.52. The van der Waals surface area contributed by atoms with Gasteiger partial charge in [0.25, 0.3) is 5.79 Å². The Bertz CT molecular complexity index is 1230. The molecule has 5 rings (SSSR count). The van der Waals surface area contributed by atoms with E-state index in [9.17, 15) is 14.4 Å². The van der Waals surface area contributed by atoms with E-state index in [4.69, 9.17) is 9.47 Å². The zero-order valence-corrected chi connectivity index (χ0v) is 21.2. The van der Waals surface area contributed by atoms with E-state index in [1.165, 1.54) is 0 Å². The molecule has 186 valence electrons. The van der Waals surface area contributed by atoms with Gasteiger partial charge in [0.05, 0.1) is 12.6 Å². The summed E-state index contributed by atoms with van der Waals surface area (Å²) < 4.78 is 11.0. The first-order valence-electron chi connectivity index (χ1n) is 12.3. The van der Waals surface area contributed by atoms with Gasteiger partial charge in [0.2, 0.25) is 0 Å². The lowest BCUT2D eigenvalue weighted by Crippen LogP contribution is -2.52. The summed E-state index contributed by atoms with van der Waals surface area (Å²) in [6.45, 7) is 7.69. The number of ether oxygens (including phenoxy) is 2. The monoisotopic (exact) mass is 485 g/mol. The average molecular weight is 486 g/mol. The molecule has 6 nitrogen and oxygen atoms in total. The largest absolute Gasteiger partial charge is 0.422 e. The first-order valence-corrected chi connectivity index (χ1v) is 12.3. The Hall–Kier alpha value is -3.51. The van der Waals surface area contributed by atoms with E-state index in [1.807, 2.05) is 43.3 Å². The van der Waals surface area contributed by atoms with Crippen molar-refractivity contribution in [3.8, 4) is 0 Å². The van der Waals surface area contributed by atoms with E-state index in [-0.39, 0.29) is 31.2 Å². The van der Waals surface area contributed by atoms with Gasteiger partial charge in [-0.25, -0.2) is 0 Å². The third-order valence-corrected chi connectivity index (χ3v) is 7.55. The summed E-state index contributed by atoms with van der Waals surface area (Å²) in [6, 6.07) is 20.2. The van der Waals surface area contributed by atoms with Crippen molar-refractivity contribution in [1.29, 1.82) is 0 Å². The van der Waals surface area contributed by atoms with Crippen LogP contribution in [0.25, 0.3) is 0 Å². The Balaban J connectivity index is 1.57. The molecule has 3 aliphatic rings. The number of Topliss-reactive ketones (excluding diaryl/α,β-unsaturated/α-hetero) is 1. The summed E-state index contributed by atoms with van der Waals surface area (Å²) in [5.74, 6) is -2.46. The van der Waals surface area contributed by atoms with Crippen LogP contribution in [0.2, 0.25) is 0 Å². The molecule has 0 N–H and O–H groups in total. The molecule has 36 heavy (non-hydrogen) atoms. The molecule has 2 fully saturated rings. The van der Waals surface area contributed by atoms with E-state index < -0.39 is 23.1 Å². The van der Waals surface area contributed by atoms with Crippen LogP contribution >= 0.6 is 0 Å². The first kappa shape index (κ1) is 24.2. The standard InChI is InChI=1S/C30H31NO5/c1-19-17-31(26(21-11-7-5-8-12-21)22-13-9-6-10-14-22)18-25(32)20(2)24-16-30(15-23(19)24)27(33)35-29(3,4)36-28(30)34/h5-14,26H,15-18H2,1-4H3/b23-19-,24-20-. The summed E-state index contributed by atoms with van der Waals surface area (Å²) in [5.41, 5.74) is 4.06. The number of hydrogen-bond acceptors (Lipinski definition) is 6. The van der Waals surface area contributed by atoms with Crippen LogP contribution in [-0.4, -0.2) is 41.5 Å². The maximum Gasteiger partial charge on any atom is 0.327 e. The maximum atomic E-state index is 13.6. The smallest absolute Gasteiger partial charge is 0.327 e. The zero-order valence-electron chi connectivity index (χ0n) is 21.2. The van der Waals surface area contributed by atoms with Crippen LogP contribution in [0.15, 0.2) is 83.0 Å². The van der Waals surface area contributed by atoms with Gasteiger partial charge in [-0.3, -0.25) is 19.3 Å². The fourth-order valence-corrected chi connectivity index (χ4v) is 5.68. The Labute approximate surface area is 211 Å². The van der Waals surface area contributed by atoms with E-state index in [2.05, 4.69) is 29.2 Å². The lowest BCUT2D eigenvalue weighted by molar-refractivity contribution is -0.250. The SMILES string of the molecule is C/C1=C2\CC3(C\C2=C(/C)C(=O)CN(C(c2ccccc2)c2ccccc2)C1)C(=O)OC(C)(C)OC3=O. The van der Waals surface area contributed by atoms with Gasteiger partial charge in [0.15, 0.2) is 11.2 Å². The number of hydrogen-bond donors (Lipinski definition) is 0. The molecule has 1 aliphatic carbocycles. The minimum Gasteiger partial charge on any atom is -0.422 e. The third-order valence-electron chi connectivity index (χ3n) is 7.55. The predicted molar refractivity (Wildman–Crippen MR) is 135 cm³/mol. The Kier molecular flexibility index (Phi) is 5.95. The molecule has 0 atom stereocenters. The van der Waals surface area contributed by atoms with Crippen molar-refractivity contribution in [1.82, 2.24) is 4.90 Å². The summed E-state index contributed by atoms with van der Waals surface area (Å²) >= 11 is 0. The Morgan fingerprint density at radius 3 is 1.78 bits per heavy atom. The van der Waals surface area contributed by atoms with Crippen molar-refractivity contribution in [2.45, 2.75) is 52.4 Å². The summed E-state index contributed by atoms with van der Waals surface area (Å²) in [4.78, 5) is 42.0. The van der Waals surface area contributed by atoms with E-state index in [1.54, 1.807) is 20.8 Å². The van der Waals surface area contributed by atoms with Crippen LogP contribution in [0.4, 0.5) is 0 Å². The number of rotatable bonds is 3. The Morgan fingerprint density at radius 1 is 0.750 bits per heavy atom. The maximum absolute atomic E-state index is 13.6. The number of allylic oxidation sites excluding steroid dienone is 2. The number of carbonyl (C=O) groups is 3. The second kappa shape index (κ2) is 8.86. The molecule has 2 heterocycles. The first-order chi connectivity index (χ1) is 17.1. The van der Waals surface area contributed by atoms with Crippen LogP contribution in [0, 0.1) is 5.41 Å². The van der Waals surface area contributed by atoms with E-state index >= 15 is 0 Å². The van der Waals surface area contributed by atoms with Crippen LogP contribution in [-0.2, 0) is 23.9 Å². The van der Waals surface area contributed by atoms with Crippen LogP contribution in [0.1, 0.15) is 57.7 Å². The minimum atomic E-state index is -1.43. The highest BCUT2D eigenvalue weighted by molar-refractivity contribution is 6.05. The molecule has 0 unspecified atom stereocenters. The van der Waals surface area contributed by atoms with Gasteiger partial charge < -0.3 is 9.47 Å². The lowest BCUT2D eigenvalue weighted by Gasteiger charge is -2.38. The van der Waals surface area contributed by atoms with Gasteiger partial charge >= 0.3 is 11.9 Å². The number of fused-ring (bicyclic) bond motifs is 1. The average Bonchev–Trinajstić information content (AvgIpc) is 3.25. The van der Waals surface area contributed by atoms with Gasteiger partial charge in [-0.15, -0.1) is 0 Å². The van der Waals surface area contributed by atoms with Gasteiger partial charge in [-0.2, -0.15) is 0 Å². The molecule has 6 heteroatoms. The van der Waals surface area contributed by atoms with Crippen molar-refractivity contribution in [3.05, 3.63) is 94.1 Å². The molecule has 1 saturated heterocycles. The lowest BCUT2D eigenvalue weighted by atomic mass is 9.84. The summed E-state index contributed by atoms with van der Waals surface area (Å²) in [5, 5.41) is 0. The number of nitrogens with zero attached hydrogens (tertiary/aromatic N) is 1. The molecule has 2 aromatic rings. The predicted octanol–water partition coefficient (Wildman–Crippen LogP) is 4.91. The van der Waals surface area contributed by atoms with Crippen molar-refractivity contribution < 1.29 is 23.9 Å². The highest BCUT2D eigenvalue weighted by atomic mass is 16.7. The molecule has 1 saturated carbocycles. The van der Waals surface area contributed by atoms with Gasteiger partial charge in [0, 0.05) is 26.8 Å². The minimum absolute atomic E-state index is 0.0122. The molecule has 2 aliphatic heterocycles. The van der Waals surface area contributed by atoms with Gasteiger partial charge in [0.1, 0.15) is 0 Å². The van der Waals surface area contributed by atoms with Crippen molar-refractivity contribution in [3.63, 3.8) is 0 Å². The van der Waals surface area contributed by atoms with Crippen molar-refractivity contribution in [2.24, 2.45) is 5.41 Å². The fourth-order valence-electron chi connectivity index (χ4n) is 5.68. The molecule has 1 spiro atoms. The second-order valence-corrected chi connectivity index (χ2v) is 10.5. The van der Waals surface area contributed by atoms with Gasteiger partial charge in [-0.05, 0) is 48.1 Å². The Morgan fingerprint density at radius 2 is 1.25 bits per heavy atom. The van der Waals surface area contributed by atoms with Gasteiger partial charge in [-0.1, -0.05) is 66.2 Å². The highest BCUT2D eigenvalue weighted by Gasteiger charge is 2.60. The van der Waals surface area contributed by atoms with E-state index in [0.29, 0.717) is 12.1 Å². The van der Waals surface area contributed by atoms with Crippen molar-refractivity contribution in [2.75, 3.05) is 13.1 Å². The second-order valence-electron chi connectivity index (χ2n) is 10.5. The molecule has 0 aromatic heterocycles. The normalized spacial score (nSPS) is 25.9. The van der Waals surface area contributed by atoms with E-state index in [0.717, 1.165) is 27.8 Å². The number of carbonyl (C=O) groups excluding carboxylic acids is 3. The zero-order chi connectivity index (χ0) is 25.7. The molecular formula is C30H31NO5. The molecular weight excluding hydrogens is 454 g/mol. The number of ketones is 1. The van der Waals surface area contributed by atoms with Crippen LogP contribution in [0.3, 0.4) is 0 Å². The van der Waals surface area contributed by atoms with Crippen LogP contribution in [0.5, 0.6) is 0 Å².